The van der Waals surface area contributed by atoms with E-state index in [-0.39, 0.29) is 23.7 Å². The molecule has 0 heterocycles. The fraction of sp³-hybridized carbons (Fsp3) is 0.926. The third kappa shape index (κ3) is 27.3. The lowest BCUT2D eigenvalue weighted by Crippen LogP contribution is -2.28. The predicted molar refractivity (Wildman–Crippen MR) is 143 cm³/mol. The van der Waals surface area contributed by atoms with Gasteiger partial charge in [-0.3, -0.25) is 9.59 Å². The van der Waals surface area contributed by atoms with E-state index in [4.69, 9.17) is 9.84 Å². The Bertz CT molecular complexity index is 643. The van der Waals surface area contributed by atoms with Crippen molar-refractivity contribution in [2.75, 3.05) is 12.3 Å². The molecular weight excluding hydrogens is 466 g/mol. The molecule has 0 aromatic rings. The van der Waals surface area contributed by atoms with Crippen LogP contribution in [0.25, 0.3) is 0 Å². The second-order valence-electron chi connectivity index (χ2n) is 10.7. The highest BCUT2D eigenvalue weighted by atomic mass is 32.2. The van der Waals surface area contributed by atoms with Gasteiger partial charge in [0.1, 0.15) is 5.60 Å². The highest BCUT2D eigenvalue weighted by Crippen LogP contribution is 2.15. The summed E-state index contributed by atoms with van der Waals surface area (Å²) in [5.41, 5.74) is -0.375. The average molecular weight is 520 g/mol. The minimum atomic E-state index is -3.45. The summed E-state index contributed by atoms with van der Waals surface area (Å²) >= 11 is 0. The number of carboxylic acid groups (broad SMARTS) is 1. The number of unbranched alkanes of at least 4 members (excludes halogenated alkanes) is 16. The second kappa shape index (κ2) is 21.0. The Hall–Kier alpha value is -1.15. The number of esters is 1. The molecule has 0 aliphatic rings. The van der Waals surface area contributed by atoms with Crippen molar-refractivity contribution in [1.29, 1.82) is 0 Å². The summed E-state index contributed by atoms with van der Waals surface area (Å²) in [6.45, 7) is 6.12. The van der Waals surface area contributed by atoms with E-state index in [1.807, 2.05) is 20.8 Å². The summed E-state index contributed by atoms with van der Waals surface area (Å²) in [6, 6.07) is 0. The lowest BCUT2D eigenvalue weighted by atomic mass is 10.0. The number of carbonyl (C=O) groups is 2. The van der Waals surface area contributed by atoms with E-state index in [9.17, 15) is 18.0 Å². The molecule has 208 valence electrons. The zero-order valence-electron chi connectivity index (χ0n) is 22.7. The summed E-state index contributed by atoms with van der Waals surface area (Å²) < 4.78 is 31.0. The van der Waals surface area contributed by atoms with Crippen LogP contribution in [0.4, 0.5) is 0 Å². The maximum Gasteiger partial charge on any atom is 0.306 e. The molecule has 7 nitrogen and oxygen atoms in total. The molecule has 0 atom stereocenters. The molecule has 0 aliphatic heterocycles. The molecule has 0 amide bonds. The van der Waals surface area contributed by atoms with Gasteiger partial charge in [-0.05, 0) is 33.6 Å². The van der Waals surface area contributed by atoms with Crippen LogP contribution < -0.4 is 4.72 Å². The van der Waals surface area contributed by atoms with Crippen LogP contribution in [0.3, 0.4) is 0 Å². The maximum atomic E-state index is 11.6. The van der Waals surface area contributed by atoms with E-state index >= 15 is 0 Å². The largest absolute Gasteiger partial charge is 0.481 e. The van der Waals surface area contributed by atoms with Crippen molar-refractivity contribution in [3.63, 3.8) is 0 Å². The number of nitrogens with one attached hydrogen (secondary N) is 1. The molecule has 0 aromatic carbocycles. The molecule has 0 radical (unpaired) electrons. The van der Waals surface area contributed by atoms with Gasteiger partial charge in [0.2, 0.25) is 10.0 Å². The Balaban J connectivity index is 3.26. The summed E-state index contributed by atoms with van der Waals surface area (Å²) in [5.74, 6) is -1.51. The zero-order valence-corrected chi connectivity index (χ0v) is 23.6. The molecule has 0 rings (SSSR count). The molecule has 0 saturated heterocycles. The van der Waals surface area contributed by atoms with Gasteiger partial charge in [0, 0.05) is 13.0 Å². The number of ether oxygens (including phenoxy) is 1. The van der Waals surface area contributed by atoms with Gasteiger partial charge in [-0.25, -0.2) is 13.1 Å². The van der Waals surface area contributed by atoms with E-state index in [0.29, 0.717) is 13.0 Å². The quantitative estimate of drug-likeness (QED) is 0.108. The maximum absolute atomic E-state index is 11.6. The molecule has 8 heteroatoms. The van der Waals surface area contributed by atoms with E-state index in [1.54, 1.807) is 0 Å². The van der Waals surface area contributed by atoms with Crippen molar-refractivity contribution in [3.8, 4) is 0 Å². The van der Waals surface area contributed by atoms with Crippen molar-refractivity contribution >= 4 is 22.0 Å². The molecule has 0 spiro atoms. The van der Waals surface area contributed by atoms with Gasteiger partial charge in [-0.1, -0.05) is 96.3 Å². The topological polar surface area (TPSA) is 110 Å². The Morgan fingerprint density at radius 1 is 0.657 bits per heavy atom. The monoisotopic (exact) mass is 519 g/mol. The Labute approximate surface area is 215 Å². The minimum Gasteiger partial charge on any atom is -0.481 e. The molecule has 2 N–H and O–H groups in total. The van der Waals surface area contributed by atoms with Crippen LogP contribution in [0.2, 0.25) is 0 Å². The number of sulfonamides is 1. The van der Waals surface area contributed by atoms with E-state index in [1.165, 1.54) is 77.0 Å². The fourth-order valence-corrected chi connectivity index (χ4v) is 5.00. The first-order valence-corrected chi connectivity index (χ1v) is 15.6. The average Bonchev–Trinajstić information content (AvgIpc) is 2.75. The summed E-state index contributed by atoms with van der Waals surface area (Å²) in [4.78, 5) is 22.1. The van der Waals surface area contributed by atoms with Crippen molar-refractivity contribution < 1.29 is 27.9 Å². The molecule has 0 aliphatic carbocycles. The van der Waals surface area contributed by atoms with Gasteiger partial charge in [-0.2, -0.15) is 0 Å². The van der Waals surface area contributed by atoms with Gasteiger partial charge < -0.3 is 9.84 Å². The SMILES string of the molecule is CC(C)(C)OC(=O)CCCCCCCCCCCCCCCCCCCNS(=O)(=O)CCC(=O)O. The molecule has 0 fully saturated rings. The number of carbonyl (C=O) groups excluding carboxylic acids is 1. The number of hydrogen-bond donors (Lipinski definition) is 2. The van der Waals surface area contributed by atoms with Crippen LogP contribution in [0.5, 0.6) is 0 Å². The normalized spacial score (nSPS) is 12.1. The minimum absolute atomic E-state index is 0.0760. The first-order valence-electron chi connectivity index (χ1n) is 13.9. The molecule has 0 aromatic heterocycles. The molecular formula is C27H53NO6S. The number of carboxylic acids is 1. The standard InChI is InChI=1S/C27H53NO6S/c1-27(2,3)34-26(31)21-19-17-15-13-11-9-7-5-4-6-8-10-12-14-16-18-20-23-28-35(32,33)24-22-25(29)30/h28H,4-24H2,1-3H3,(H,29,30). The van der Waals surface area contributed by atoms with Crippen LogP contribution in [0, 0.1) is 0 Å². The van der Waals surface area contributed by atoms with Crippen molar-refractivity contribution in [2.24, 2.45) is 0 Å². The summed E-state index contributed by atoms with van der Waals surface area (Å²) in [5, 5.41) is 8.54. The molecule has 0 saturated carbocycles. The van der Waals surface area contributed by atoms with Gasteiger partial charge in [-0.15, -0.1) is 0 Å². The first-order chi connectivity index (χ1) is 16.5. The van der Waals surface area contributed by atoms with Crippen molar-refractivity contribution in [3.05, 3.63) is 0 Å². The number of hydrogen-bond acceptors (Lipinski definition) is 5. The van der Waals surface area contributed by atoms with Gasteiger partial charge in [0.05, 0.1) is 12.2 Å². The van der Waals surface area contributed by atoms with Gasteiger partial charge >= 0.3 is 11.9 Å². The predicted octanol–water partition coefficient (Wildman–Crippen LogP) is 6.74. The summed E-state index contributed by atoms with van der Waals surface area (Å²) in [7, 11) is -3.45. The van der Waals surface area contributed by atoms with Crippen molar-refractivity contribution in [1.82, 2.24) is 4.72 Å². The van der Waals surface area contributed by atoms with Gasteiger partial charge in [0.25, 0.3) is 0 Å². The Kier molecular flexibility index (Phi) is 20.3. The van der Waals surface area contributed by atoms with Crippen LogP contribution in [-0.2, 0) is 24.3 Å². The van der Waals surface area contributed by atoms with E-state index in [0.717, 1.165) is 32.1 Å². The van der Waals surface area contributed by atoms with Crippen molar-refractivity contribution in [2.45, 2.75) is 148 Å². The smallest absolute Gasteiger partial charge is 0.306 e. The van der Waals surface area contributed by atoms with Crippen LogP contribution in [0.15, 0.2) is 0 Å². The fourth-order valence-electron chi connectivity index (χ4n) is 3.96. The Morgan fingerprint density at radius 3 is 1.40 bits per heavy atom. The molecule has 35 heavy (non-hydrogen) atoms. The molecule has 0 unspecified atom stereocenters. The molecule has 0 bridgehead atoms. The lowest BCUT2D eigenvalue weighted by Gasteiger charge is -2.19. The number of rotatable bonds is 24. The highest BCUT2D eigenvalue weighted by molar-refractivity contribution is 7.89. The zero-order chi connectivity index (χ0) is 26.4. The summed E-state index contributed by atoms with van der Waals surface area (Å²) in [6.07, 6.45) is 20.6. The van der Waals surface area contributed by atoms with Crippen LogP contribution >= 0.6 is 0 Å². The van der Waals surface area contributed by atoms with Crippen LogP contribution in [0.1, 0.15) is 143 Å². The second-order valence-corrected chi connectivity index (χ2v) is 12.6. The van der Waals surface area contributed by atoms with E-state index < -0.39 is 16.0 Å². The third-order valence-electron chi connectivity index (χ3n) is 5.88. The lowest BCUT2D eigenvalue weighted by molar-refractivity contribution is -0.155. The third-order valence-corrected chi connectivity index (χ3v) is 7.27. The number of aliphatic carboxylic acids is 1. The van der Waals surface area contributed by atoms with E-state index in [2.05, 4.69) is 4.72 Å². The van der Waals surface area contributed by atoms with Crippen LogP contribution in [-0.4, -0.2) is 43.4 Å². The first kappa shape index (κ1) is 33.8. The van der Waals surface area contributed by atoms with Gasteiger partial charge in [0.15, 0.2) is 0 Å². The highest BCUT2D eigenvalue weighted by Gasteiger charge is 2.15. The Morgan fingerprint density at radius 2 is 1.03 bits per heavy atom.